The van der Waals surface area contributed by atoms with Crippen LogP contribution in [0.5, 0.6) is 0 Å². The summed E-state index contributed by atoms with van der Waals surface area (Å²) in [5.41, 5.74) is 4.65. The third kappa shape index (κ3) is 4.27. The Morgan fingerprint density at radius 2 is 2.06 bits per heavy atom. The lowest BCUT2D eigenvalue weighted by atomic mass is 10.1. The van der Waals surface area contributed by atoms with Crippen LogP contribution >= 0.6 is 11.8 Å². The second-order valence-corrected chi connectivity index (χ2v) is 11.6. The minimum atomic E-state index is -2.98. The molecular formula is C23H24N4O3S2. The number of para-hydroxylation sites is 1. The molecule has 0 saturated carbocycles. The van der Waals surface area contributed by atoms with Crippen LogP contribution < -0.4 is 10.6 Å². The first-order valence-electron chi connectivity index (χ1n) is 10.5. The van der Waals surface area contributed by atoms with Gasteiger partial charge in [0.25, 0.3) is 5.91 Å². The highest BCUT2D eigenvalue weighted by Gasteiger charge is 2.42. The van der Waals surface area contributed by atoms with E-state index in [1.807, 2.05) is 49.5 Å². The van der Waals surface area contributed by atoms with Crippen LogP contribution in [-0.2, 0) is 16.3 Å². The summed E-state index contributed by atoms with van der Waals surface area (Å²) in [6.07, 6.45) is 2.73. The number of carbonyl (C=O) groups excluding carboxylic acids is 1. The average Bonchev–Trinajstić information content (AvgIpc) is 3.40. The number of aryl methyl sites for hydroxylation is 1. The fourth-order valence-electron chi connectivity index (χ4n) is 4.18. The van der Waals surface area contributed by atoms with Gasteiger partial charge in [0, 0.05) is 40.1 Å². The third-order valence-corrected chi connectivity index (χ3v) is 9.06. The van der Waals surface area contributed by atoms with Gasteiger partial charge in [0.05, 0.1) is 17.5 Å². The molecule has 0 unspecified atom stereocenters. The lowest BCUT2D eigenvalue weighted by molar-refractivity contribution is 0.0954. The van der Waals surface area contributed by atoms with Gasteiger partial charge < -0.3 is 15.6 Å². The van der Waals surface area contributed by atoms with Gasteiger partial charge in [0.1, 0.15) is 0 Å². The van der Waals surface area contributed by atoms with Gasteiger partial charge in [-0.25, -0.2) is 8.42 Å². The number of aliphatic imine (C=N–C) groups is 1. The third-order valence-electron chi connectivity index (χ3n) is 5.91. The molecule has 1 saturated heterocycles. The number of amidine groups is 1. The van der Waals surface area contributed by atoms with E-state index in [-0.39, 0.29) is 28.7 Å². The van der Waals surface area contributed by atoms with Crippen LogP contribution in [0.2, 0.25) is 0 Å². The van der Waals surface area contributed by atoms with E-state index in [9.17, 15) is 13.2 Å². The molecule has 2 aliphatic heterocycles. The maximum Gasteiger partial charge on any atom is 0.251 e. The molecule has 0 bridgehead atoms. The number of anilines is 1. The number of sulfone groups is 1. The van der Waals surface area contributed by atoms with Crippen LogP contribution in [0.3, 0.4) is 0 Å². The normalized spacial score (nSPS) is 21.3. The number of H-pyrrole nitrogens is 1. The SMILES string of the molecule is Cc1ccc(C(=O)NCCc2c[nH]c3ccccc23)cc1NC1=N[C@H]2CS(=O)(=O)C[C@H]2S1. The van der Waals surface area contributed by atoms with Crippen LogP contribution in [0.1, 0.15) is 21.5 Å². The van der Waals surface area contributed by atoms with E-state index < -0.39 is 9.84 Å². The van der Waals surface area contributed by atoms with Crippen molar-refractivity contribution in [2.24, 2.45) is 4.99 Å². The summed E-state index contributed by atoms with van der Waals surface area (Å²) in [5, 5.41) is 8.17. The fourth-order valence-corrected chi connectivity index (χ4v) is 7.85. The monoisotopic (exact) mass is 468 g/mol. The van der Waals surface area contributed by atoms with Crippen LogP contribution in [0.4, 0.5) is 5.69 Å². The average molecular weight is 469 g/mol. The number of aromatic nitrogens is 1. The van der Waals surface area contributed by atoms with Crippen molar-refractivity contribution in [2.75, 3.05) is 23.4 Å². The van der Waals surface area contributed by atoms with Crippen LogP contribution in [0.15, 0.2) is 53.7 Å². The number of hydrogen-bond donors (Lipinski definition) is 3. The van der Waals surface area contributed by atoms with E-state index in [1.165, 1.54) is 22.7 Å². The van der Waals surface area contributed by atoms with Gasteiger partial charge in [-0.1, -0.05) is 36.0 Å². The molecule has 3 heterocycles. The van der Waals surface area contributed by atoms with E-state index in [4.69, 9.17) is 0 Å². The number of rotatable bonds is 5. The zero-order chi connectivity index (χ0) is 22.3. The largest absolute Gasteiger partial charge is 0.361 e. The first kappa shape index (κ1) is 21.1. The van der Waals surface area contributed by atoms with Gasteiger partial charge in [-0.3, -0.25) is 9.79 Å². The van der Waals surface area contributed by atoms with Crippen molar-refractivity contribution in [3.05, 3.63) is 65.4 Å². The Balaban J connectivity index is 1.22. The van der Waals surface area contributed by atoms with Crippen LogP contribution in [0.25, 0.3) is 10.9 Å². The highest BCUT2D eigenvalue weighted by Crippen LogP contribution is 2.35. The first-order chi connectivity index (χ1) is 15.4. The molecule has 0 spiro atoms. The van der Waals surface area contributed by atoms with E-state index in [0.29, 0.717) is 12.1 Å². The minimum Gasteiger partial charge on any atom is -0.361 e. The molecule has 1 fully saturated rings. The maximum atomic E-state index is 12.7. The number of carbonyl (C=O) groups is 1. The summed E-state index contributed by atoms with van der Waals surface area (Å²) in [6.45, 7) is 2.50. The Bertz CT molecular complexity index is 1330. The summed E-state index contributed by atoms with van der Waals surface area (Å²) in [6, 6.07) is 13.5. The summed E-state index contributed by atoms with van der Waals surface area (Å²) < 4.78 is 23.5. The summed E-state index contributed by atoms with van der Waals surface area (Å²) in [7, 11) is -2.98. The van der Waals surface area contributed by atoms with Gasteiger partial charge in [-0.15, -0.1) is 0 Å². The van der Waals surface area contributed by atoms with Gasteiger partial charge in [-0.05, 0) is 42.7 Å². The van der Waals surface area contributed by atoms with Crippen LogP contribution in [0, 0.1) is 6.92 Å². The molecule has 2 atom stereocenters. The Hall–Kier alpha value is -2.78. The van der Waals surface area contributed by atoms with Crippen molar-refractivity contribution in [1.29, 1.82) is 0 Å². The van der Waals surface area contributed by atoms with Crippen molar-refractivity contribution in [2.45, 2.75) is 24.6 Å². The van der Waals surface area contributed by atoms with Crippen molar-refractivity contribution in [1.82, 2.24) is 10.3 Å². The molecule has 0 aliphatic carbocycles. The molecule has 1 aromatic heterocycles. The molecule has 5 rings (SSSR count). The van der Waals surface area contributed by atoms with E-state index in [0.717, 1.165) is 28.4 Å². The van der Waals surface area contributed by atoms with Gasteiger partial charge in [0.2, 0.25) is 0 Å². The van der Waals surface area contributed by atoms with Crippen LogP contribution in [-0.4, -0.2) is 53.8 Å². The van der Waals surface area contributed by atoms with E-state index in [1.54, 1.807) is 0 Å². The predicted molar refractivity (Wildman–Crippen MR) is 130 cm³/mol. The number of nitrogens with zero attached hydrogens (tertiary/aromatic N) is 1. The summed E-state index contributed by atoms with van der Waals surface area (Å²) in [4.78, 5) is 20.5. The number of aromatic amines is 1. The smallest absolute Gasteiger partial charge is 0.251 e. The number of hydrogen-bond acceptors (Lipinski definition) is 6. The highest BCUT2D eigenvalue weighted by atomic mass is 32.2. The molecule has 0 radical (unpaired) electrons. The second kappa shape index (κ2) is 8.29. The van der Waals surface area contributed by atoms with E-state index in [2.05, 4.69) is 26.7 Å². The number of nitrogens with one attached hydrogen (secondary N) is 3. The highest BCUT2D eigenvalue weighted by molar-refractivity contribution is 8.15. The molecule has 3 aromatic rings. The molecule has 3 N–H and O–H groups in total. The lowest BCUT2D eigenvalue weighted by Crippen LogP contribution is -2.25. The molecule has 1 amide bonds. The Morgan fingerprint density at radius 3 is 2.91 bits per heavy atom. The fraction of sp³-hybridized carbons (Fsp3) is 0.304. The molecule has 32 heavy (non-hydrogen) atoms. The number of amides is 1. The number of benzene rings is 2. The second-order valence-electron chi connectivity index (χ2n) is 8.25. The van der Waals surface area contributed by atoms with Crippen molar-refractivity contribution >= 4 is 49.3 Å². The Labute approximate surface area is 191 Å². The summed E-state index contributed by atoms with van der Waals surface area (Å²) in [5.74, 6) is 0.166. The van der Waals surface area contributed by atoms with Crippen molar-refractivity contribution in [3.8, 4) is 0 Å². The molecule has 7 nitrogen and oxygen atoms in total. The topological polar surface area (TPSA) is 103 Å². The number of fused-ring (bicyclic) bond motifs is 2. The molecule has 166 valence electrons. The lowest BCUT2D eigenvalue weighted by Gasteiger charge is -2.12. The molecule has 9 heteroatoms. The first-order valence-corrected chi connectivity index (χ1v) is 13.2. The Kier molecular flexibility index (Phi) is 5.46. The van der Waals surface area contributed by atoms with Crippen molar-refractivity contribution < 1.29 is 13.2 Å². The van der Waals surface area contributed by atoms with Gasteiger partial charge in [-0.2, -0.15) is 0 Å². The zero-order valence-corrected chi connectivity index (χ0v) is 19.2. The Morgan fingerprint density at radius 1 is 1.22 bits per heavy atom. The van der Waals surface area contributed by atoms with Crippen molar-refractivity contribution in [3.63, 3.8) is 0 Å². The molecule has 2 aromatic carbocycles. The summed E-state index contributed by atoms with van der Waals surface area (Å²) >= 11 is 1.47. The quantitative estimate of drug-likeness (QED) is 0.534. The van der Waals surface area contributed by atoms with Gasteiger partial charge in [0.15, 0.2) is 15.0 Å². The number of thioether (sulfide) groups is 1. The molecular weight excluding hydrogens is 444 g/mol. The van der Waals surface area contributed by atoms with Gasteiger partial charge >= 0.3 is 0 Å². The predicted octanol–water partition coefficient (Wildman–Crippen LogP) is 3.13. The maximum absolute atomic E-state index is 12.7. The van der Waals surface area contributed by atoms with E-state index >= 15 is 0 Å². The zero-order valence-electron chi connectivity index (χ0n) is 17.6. The standard InChI is InChI=1S/C23H24N4O3S2/c1-14-6-7-15(10-19(14)26-23-27-20-12-32(29,30)13-21(20)31-23)22(28)24-9-8-16-11-25-18-5-3-2-4-17(16)18/h2-7,10-11,20-21,25H,8-9,12-13H2,1H3,(H,24,28)(H,26,27)/t20-,21+/m0/s1. The minimum absolute atomic E-state index is 0.0150. The molecule has 2 aliphatic rings.